The van der Waals surface area contributed by atoms with Gasteiger partial charge in [-0.3, -0.25) is 0 Å². The molecular weight excluding hydrogens is 353 g/mol. The Bertz CT molecular complexity index is 865. The van der Waals surface area contributed by atoms with E-state index in [1.165, 1.54) is 6.26 Å². The highest BCUT2D eigenvalue weighted by atomic mass is 35.5. The second-order valence-corrected chi connectivity index (χ2v) is 8.91. The van der Waals surface area contributed by atoms with E-state index in [1.54, 1.807) is 24.3 Å². The van der Waals surface area contributed by atoms with Crippen LogP contribution in [0.25, 0.3) is 0 Å². The van der Waals surface area contributed by atoms with Crippen LogP contribution in [0, 0.1) is 0 Å². The SMILES string of the molecule is CN1Cc2c(Cl)cc(Cl)cc2C(c2cccc(S(C)(=O)=O)c2)C1. The Balaban J connectivity index is 2.15. The van der Waals surface area contributed by atoms with E-state index in [4.69, 9.17) is 23.2 Å². The first-order valence-corrected chi connectivity index (χ1v) is 9.87. The minimum atomic E-state index is -3.24. The van der Waals surface area contributed by atoms with E-state index in [2.05, 4.69) is 4.90 Å². The molecule has 0 aliphatic carbocycles. The average Bonchev–Trinajstić information content (AvgIpc) is 2.47. The number of sulfone groups is 1. The number of rotatable bonds is 2. The van der Waals surface area contributed by atoms with Crippen molar-refractivity contribution in [1.29, 1.82) is 0 Å². The summed E-state index contributed by atoms with van der Waals surface area (Å²) in [5.74, 6) is 0.0432. The van der Waals surface area contributed by atoms with Crippen molar-refractivity contribution in [1.82, 2.24) is 4.90 Å². The number of likely N-dealkylation sites (N-methyl/N-ethyl adjacent to an activating group) is 1. The maximum Gasteiger partial charge on any atom is 0.175 e. The van der Waals surface area contributed by atoms with E-state index < -0.39 is 9.84 Å². The van der Waals surface area contributed by atoms with Gasteiger partial charge in [-0.2, -0.15) is 0 Å². The van der Waals surface area contributed by atoms with Crippen LogP contribution in [0.15, 0.2) is 41.3 Å². The molecule has 23 heavy (non-hydrogen) atoms. The molecule has 2 aromatic rings. The number of hydrogen-bond acceptors (Lipinski definition) is 3. The number of halogens is 2. The smallest absolute Gasteiger partial charge is 0.175 e. The molecule has 0 radical (unpaired) electrons. The van der Waals surface area contributed by atoms with Gasteiger partial charge >= 0.3 is 0 Å². The highest BCUT2D eigenvalue weighted by Crippen LogP contribution is 2.38. The van der Waals surface area contributed by atoms with E-state index in [1.807, 2.05) is 19.2 Å². The van der Waals surface area contributed by atoms with Crippen molar-refractivity contribution < 1.29 is 8.42 Å². The highest BCUT2D eigenvalue weighted by molar-refractivity contribution is 7.90. The number of benzene rings is 2. The molecule has 122 valence electrons. The first-order valence-electron chi connectivity index (χ1n) is 7.22. The maximum absolute atomic E-state index is 11.8. The number of fused-ring (bicyclic) bond motifs is 1. The zero-order valence-corrected chi connectivity index (χ0v) is 15.2. The van der Waals surface area contributed by atoms with Crippen molar-refractivity contribution in [2.75, 3.05) is 19.8 Å². The Kier molecular flexibility index (Phi) is 4.45. The first kappa shape index (κ1) is 16.8. The predicted molar refractivity (Wildman–Crippen MR) is 94.2 cm³/mol. The lowest BCUT2D eigenvalue weighted by molar-refractivity contribution is 0.295. The van der Waals surface area contributed by atoms with Gasteiger partial charge in [0.25, 0.3) is 0 Å². The Labute approximate surface area is 146 Å². The molecule has 0 spiro atoms. The van der Waals surface area contributed by atoms with Crippen LogP contribution in [-0.2, 0) is 16.4 Å². The molecule has 1 aliphatic rings. The molecule has 1 unspecified atom stereocenters. The lowest BCUT2D eigenvalue weighted by atomic mass is 9.85. The third-order valence-corrected chi connectivity index (χ3v) is 5.85. The molecule has 0 saturated carbocycles. The molecule has 3 rings (SSSR count). The fourth-order valence-electron chi connectivity index (χ4n) is 3.09. The van der Waals surface area contributed by atoms with Gasteiger partial charge in [-0.25, -0.2) is 8.42 Å². The minimum absolute atomic E-state index is 0.0432. The minimum Gasteiger partial charge on any atom is -0.301 e. The largest absolute Gasteiger partial charge is 0.301 e. The van der Waals surface area contributed by atoms with Gasteiger partial charge in [0, 0.05) is 35.3 Å². The van der Waals surface area contributed by atoms with Crippen molar-refractivity contribution in [2.45, 2.75) is 17.4 Å². The zero-order chi connectivity index (χ0) is 16.8. The van der Waals surface area contributed by atoms with Crippen LogP contribution in [0.3, 0.4) is 0 Å². The molecule has 0 amide bonds. The molecule has 3 nitrogen and oxygen atoms in total. The van der Waals surface area contributed by atoms with Gasteiger partial charge in [0.1, 0.15) is 0 Å². The van der Waals surface area contributed by atoms with Crippen molar-refractivity contribution in [2.24, 2.45) is 0 Å². The van der Waals surface area contributed by atoms with Crippen LogP contribution >= 0.6 is 23.2 Å². The first-order chi connectivity index (χ1) is 10.8. The van der Waals surface area contributed by atoms with Crippen molar-refractivity contribution in [3.63, 3.8) is 0 Å². The van der Waals surface area contributed by atoms with Crippen LogP contribution in [0.2, 0.25) is 10.0 Å². The van der Waals surface area contributed by atoms with Crippen molar-refractivity contribution >= 4 is 33.0 Å². The molecule has 0 aromatic heterocycles. The fraction of sp³-hybridized carbons (Fsp3) is 0.294. The van der Waals surface area contributed by atoms with E-state index in [-0.39, 0.29) is 5.92 Å². The normalized spacial score (nSPS) is 18.7. The fourth-order valence-corrected chi connectivity index (χ4v) is 4.34. The molecule has 1 aliphatic heterocycles. The Morgan fingerprint density at radius 2 is 1.91 bits per heavy atom. The second kappa shape index (κ2) is 6.10. The Morgan fingerprint density at radius 1 is 1.17 bits per heavy atom. The average molecular weight is 370 g/mol. The van der Waals surface area contributed by atoms with Crippen molar-refractivity contribution in [3.8, 4) is 0 Å². The topological polar surface area (TPSA) is 37.4 Å². The van der Waals surface area contributed by atoms with Crippen LogP contribution in [0.4, 0.5) is 0 Å². The summed E-state index contributed by atoms with van der Waals surface area (Å²) in [6.07, 6.45) is 1.22. The molecule has 6 heteroatoms. The third-order valence-electron chi connectivity index (χ3n) is 4.18. The van der Waals surface area contributed by atoms with Crippen molar-refractivity contribution in [3.05, 3.63) is 63.1 Å². The monoisotopic (exact) mass is 369 g/mol. The van der Waals surface area contributed by atoms with Gasteiger partial charge in [0.05, 0.1) is 4.90 Å². The summed E-state index contributed by atoms with van der Waals surface area (Å²) in [5.41, 5.74) is 3.09. The number of nitrogens with zero attached hydrogens (tertiary/aromatic N) is 1. The summed E-state index contributed by atoms with van der Waals surface area (Å²) < 4.78 is 23.7. The van der Waals surface area contributed by atoms with Gasteiger partial charge in [0.2, 0.25) is 0 Å². The lowest BCUT2D eigenvalue weighted by Gasteiger charge is -2.33. The van der Waals surface area contributed by atoms with Gasteiger partial charge in [0.15, 0.2) is 9.84 Å². The molecular formula is C17H17Cl2NO2S. The van der Waals surface area contributed by atoms with E-state index in [9.17, 15) is 8.42 Å². The lowest BCUT2D eigenvalue weighted by Crippen LogP contribution is -2.31. The van der Waals surface area contributed by atoms with Crippen LogP contribution in [-0.4, -0.2) is 33.2 Å². The van der Waals surface area contributed by atoms with Gasteiger partial charge < -0.3 is 4.90 Å². The molecule has 2 aromatic carbocycles. The standard InChI is InChI=1S/C17H17Cl2NO2S/c1-20-9-15(11-4-3-5-13(6-11)23(2,21)22)14-7-12(18)8-17(19)16(14)10-20/h3-8,15H,9-10H2,1-2H3. The molecule has 1 atom stereocenters. The molecule has 0 saturated heterocycles. The summed E-state index contributed by atoms with van der Waals surface area (Å²) in [5, 5.41) is 1.26. The van der Waals surface area contributed by atoms with Crippen LogP contribution in [0.5, 0.6) is 0 Å². The predicted octanol–water partition coefficient (Wildman–Crippen LogP) is 3.97. The Morgan fingerprint density at radius 3 is 2.61 bits per heavy atom. The maximum atomic E-state index is 11.8. The molecule has 0 bridgehead atoms. The van der Waals surface area contributed by atoms with E-state index in [0.717, 1.165) is 29.8 Å². The van der Waals surface area contributed by atoms with E-state index in [0.29, 0.717) is 14.9 Å². The van der Waals surface area contributed by atoms with Gasteiger partial charge in [-0.1, -0.05) is 35.3 Å². The van der Waals surface area contributed by atoms with E-state index >= 15 is 0 Å². The van der Waals surface area contributed by atoms with Gasteiger partial charge in [-0.05, 0) is 48.0 Å². The molecule has 0 N–H and O–H groups in total. The second-order valence-electron chi connectivity index (χ2n) is 6.05. The number of hydrogen-bond donors (Lipinski definition) is 0. The summed E-state index contributed by atoms with van der Waals surface area (Å²) in [4.78, 5) is 2.51. The highest BCUT2D eigenvalue weighted by Gasteiger charge is 2.27. The summed E-state index contributed by atoms with van der Waals surface area (Å²) >= 11 is 12.5. The van der Waals surface area contributed by atoms with Gasteiger partial charge in [-0.15, -0.1) is 0 Å². The summed E-state index contributed by atoms with van der Waals surface area (Å²) in [7, 11) is -1.21. The van der Waals surface area contributed by atoms with Crippen LogP contribution in [0.1, 0.15) is 22.6 Å². The van der Waals surface area contributed by atoms with Crippen LogP contribution < -0.4 is 0 Å². The third kappa shape index (κ3) is 3.41. The quantitative estimate of drug-likeness (QED) is 0.803. The summed E-state index contributed by atoms with van der Waals surface area (Å²) in [6, 6.07) is 10.8. The summed E-state index contributed by atoms with van der Waals surface area (Å²) in [6.45, 7) is 1.55. The zero-order valence-electron chi connectivity index (χ0n) is 12.9. The molecule has 1 heterocycles. The Hall–Kier alpha value is -1.07. The molecule has 0 fully saturated rings.